The van der Waals surface area contributed by atoms with E-state index in [0.717, 1.165) is 4.68 Å². The number of alkyl halides is 3. The Morgan fingerprint density at radius 3 is 2.76 bits per heavy atom. The van der Waals surface area contributed by atoms with Crippen LogP contribution in [0.15, 0.2) is 6.20 Å². The lowest BCUT2D eigenvalue weighted by molar-refractivity contribution is -0.142. The number of hydrogen-bond acceptors (Lipinski definition) is 3. The molecule has 1 N–H and O–H groups in total. The molecular formula is C12H18ClF3N4O. The first kappa shape index (κ1) is 17.8. The fourth-order valence-electron chi connectivity index (χ4n) is 2.28. The number of nitrogens with zero attached hydrogens (tertiary/aromatic N) is 3. The van der Waals surface area contributed by atoms with Crippen molar-refractivity contribution in [2.45, 2.75) is 32.6 Å². The molecule has 2 heterocycles. The van der Waals surface area contributed by atoms with Gasteiger partial charge in [-0.2, -0.15) is 18.3 Å². The predicted molar refractivity (Wildman–Crippen MR) is 73.6 cm³/mol. The molecule has 9 heteroatoms. The molecule has 5 nitrogen and oxygen atoms in total. The summed E-state index contributed by atoms with van der Waals surface area (Å²) in [5, 5.41) is 6.97. The molecule has 1 aliphatic rings. The Labute approximate surface area is 126 Å². The molecule has 1 aromatic heterocycles. The summed E-state index contributed by atoms with van der Waals surface area (Å²) in [6.45, 7) is 4.10. The molecule has 1 amide bonds. The van der Waals surface area contributed by atoms with Gasteiger partial charge in [0.05, 0.1) is 11.3 Å². The Bertz CT molecular complexity index is 503. The molecular weight excluding hydrogens is 309 g/mol. The summed E-state index contributed by atoms with van der Waals surface area (Å²) in [6, 6.07) is 0.179. The summed E-state index contributed by atoms with van der Waals surface area (Å²) in [5.41, 5.74) is 0.564. The summed E-state index contributed by atoms with van der Waals surface area (Å²) >= 11 is 0. The van der Waals surface area contributed by atoms with Crippen LogP contribution in [0.3, 0.4) is 0 Å². The van der Waals surface area contributed by atoms with Gasteiger partial charge in [0.2, 0.25) is 0 Å². The van der Waals surface area contributed by atoms with E-state index in [1.54, 1.807) is 11.8 Å². The molecule has 0 saturated carbocycles. The van der Waals surface area contributed by atoms with Crippen LogP contribution in [0.5, 0.6) is 0 Å². The zero-order chi connectivity index (χ0) is 14.9. The molecule has 0 aromatic carbocycles. The van der Waals surface area contributed by atoms with Gasteiger partial charge in [0.1, 0.15) is 6.54 Å². The predicted octanol–water partition coefficient (Wildman–Crippen LogP) is 1.61. The number of aromatic nitrogens is 2. The van der Waals surface area contributed by atoms with Crippen LogP contribution < -0.4 is 5.32 Å². The third-order valence-electron chi connectivity index (χ3n) is 3.17. The van der Waals surface area contributed by atoms with Crippen LogP contribution in [-0.2, 0) is 6.54 Å². The first-order valence-electron chi connectivity index (χ1n) is 6.40. The van der Waals surface area contributed by atoms with Gasteiger partial charge < -0.3 is 10.2 Å². The van der Waals surface area contributed by atoms with Crippen molar-refractivity contribution >= 4 is 18.3 Å². The van der Waals surface area contributed by atoms with E-state index in [1.165, 1.54) is 6.20 Å². The third-order valence-corrected chi connectivity index (χ3v) is 3.17. The molecule has 1 fully saturated rings. The van der Waals surface area contributed by atoms with E-state index in [9.17, 15) is 18.0 Å². The summed E-state index contributed by atoms with van der Waals surface area (Å²) in [4.78, 5) is 14.0. The summed E-state index contributed by atoms with van der Waals surface area (Å²) in [5.74, 6) is -0.260. The molecule has 1 aromatic rings. The molecule has 1 saturated heterocycles. The van der Waals surface area contributed by atoms with E-state index in [0.29, 0.717) is 25.3 Å². The quantitative estimate of drug-likeness (QED) is 0.898. The van der Waals surface area contributed by atoms with Crippen molar-refractivity contribution in [2.75, 3.05) is 19.6 Å². The smallest absolute Gasteiger partial charge is 0.336 e. The first-order valence-corrected chi connectivity index (χ1v) is 6.40. The number of amides is 1. The van der Waals surface area contributed by atoms with Crippen molar-refractivity contribution in [2.24, 2.45) is 0 Å². The van der Waals surface area contributed by atoms with Gasteiger partial charge >= 0.3 is 6.18 Å². The summed E-state index contributed by atoms with van der Waals surface area (Å²) in [7, 11) is 0. The Morgan fingerprint density at radius 2 is 2.19 bits per heavy atom. The largest absolute Gasteiger partial charge is 0.408 e. The number of carbonyl (C=O) groups excluding carboxylic acids is 1. The molecule has 0 unspecified atom stereocenters. The number of aryl methyl sites for hydroxylation is 1. The standard InChI is InChI=1S/C12H17F3N4O.ClH/c1-8-5-18(4-3-16-8)11(20)10-6-19(17-9(10)2)7-12(13,14)15;/h6,8,16H,3-5,7H2,1-2H3;1H/t8-;/m1./s1. The Kier molecular flexibility index (Phi) is 5.63. The van der Waals surface area contributed by atoms with Crippen LogP contribution in [0.25, 0.3) is 0 Å². The fraction of sp³-hybridized carbons (Fsp3) is 0.667. The van der Waals surface area contributed by atoms with Gasteiger partial charge in [-0.1, -0.05) is 0 Å². The molecule has 0 spiro atoms. The average molecular weight is 327 g/mol. The van der Waals surface area contributed by atoms with Crippen molar-refractivity contribution in [1.29, 1.82) is 0 Å². The number of hydrogen-bond donors (Lipinski definition) is 1. The zero-order valence-corrected chi connectivity index (χ0v) is 12.6. The molecule has 0 aliphatic carbocycles. The minimum absolute atomic E-state index is 0. The second-order valence-electron chi connectivity index (χ2n) is 5.05. The number of carbonyl (C=O) groups is 1. The number of halogens is 4. The highest BCUT2D eigenvalue weighted by atomic mass is 35.5. The van der Waals surface area contributed by atoms with Gasteiger partial charge in [0, 0.05) is 31.9 Å². The number of nitrogens with one attached hydrogen (secondary N) is 1. The lowest BCUT2D eigenvalue weighted by Gasteiger charge is -2.31. The lowest BCUT2D eigenvalue weighted by Crippen LogP contribution is -2.51. The monoisotopic (exact) mass is 326 g/mol. The molecule has 2 rings (SSSR count). The SMILES string of the molecule is Cc1nn(CC(F)(F)F)cc1C(=O)N1CCN[C@H](C)C1.Cl. The van der Waals surface area contributed by atoms with Crippen molar-refractivity contribution in [3.05, 3.63) is 17.5 Å². The van der Waals surface area contributed by atoms with Gasteiger partial charge in [-0.05, 0) is 13.8 Å². The van der Waals surface area contributed by atoms with E-state index in [-0.39, 0.29) is 29.9 Å². The fourth-order valence-corrected chi connectivity index (χ4v) is 2.28. The van der Waals surface area contributed by atoms with Crippen molar-refractivity contribution in [3.8, 4) is 0 Å². The topological polar surface area (TPSA) is 50.2 Å². The van der Waals surface area contributed by atoms with E-state index in [4.69, 9.17) is 0 Å². The van der Waals surface area contributed by atoms with Crippen LogP contribution in [-0.4, -0.2) is 52.4 Å². The van der Waals surface area contributed by atoms with Gasteiger partial charge in [-0.15, -0.1) is 12.4 Å². The first-order chi connectivity index (χ1) is 9.26. The van der Waals surface area contributed by atoms with Gasteiger partial charge in [0.25, 0.3) is 5.91 Å². The highest BCUT2D eigenvalue weighted by Crippen LogP contribution is 2.19. The summed E-state index contributed by atoms with van der Waals surface area (Å²) < 4.78 is 37.7. The van der Waals surface area contributed by atoms with Crippen LogP contribution in [0.4, 0.5) is 13.2 Å². The van der Waals surface area contributed by atoms with E-state index in [1.807, 2.05) is 6.92 Å². The molecule has 21 heavy (non-hydrogen) atoms. The van der Waals surface area contributed by atoms with Crippen molar-refractivity contribution in [1.82, 2.24) is 20.0 Å². The number of piperazine rings is 1. The van der Waals surface area contributed by atoms with Crippen LogP contribution in [0.2, 0.25) is 0 Å². The Balaban J connectivity index is 0.00000220. The second-order valence-corrected chi connectivity index (χ2v) is 5.05. The second kappa shape index (κ2) is 6.65. The third kappa shape index (κ3) is 4.60. The minimum Gasteiger partial charge on any atom is -0.336 e. The van der Waals surface area contributed by atoms with Crippen LogP contribution in [0, 0.1) is 6.92 Å². The van der Waals surface area contributed by atoms with E-state index >= 15 is 0 Å². The van der Waals surface area contributed by atoms with Gasteiger partial charge in [0.15, 0.2) is 0 Å². The van der Waals surface area contributed by atoms with E-state index in [2.05, 4.69) is 10.4 Å². The lowest BCUT2D eigenvalue weighted by atomic mass is 10.2. The van der Waals surface area contributed by atoms with Crippen molar-refractivity contribution < 1.29 is 18.0 Å². The highest BCUT2D eigenvalue weighted by molar-refractivity contribution is 5.95. The summed E-state index contributed by atoms with van der Waals surface area (Å²) in [6.07, 6.45) is -3.17. The highest BCUT2D eigenvalue weighted by Gasteiger charge is 2.30. The van der Waals surface area contributed by atoms with E-state index < -0.39 is 12.7 Å². The van der Waals surface area contributed by atoms with Gasteiger partial charge in [-0.25, -0.2) is 0 Å². The zero-order valence-electron chi connectivity index (χ0n) is 11.8. The molecule has 0 bridgehead atoms. The molecule has 1 aliphatic heterocycles. The molecule has 120 valence electrons. The maximum Gasteiger partial charge on any atom is 0.408 e. The normalized spacial score (nSPS) is 19.3. The maximum atomic E-state index is 12.3. The van der Waals surface area contributed by atoms with Crippen molar-refractivity contribution in [3.63, 3.8) is 0 Å². The average Bonchev–Trinajstić information content (AvgIpc) is 2.66. The minimum atomic E-state index is -4.34. The Morgan fingerprint density at radius 1 is 1.52 bits per heavy atom. The molecule has 1 atom stereocenters. The maximum absolute atomic E-state index is 12.3. The van der Waals surface area contributed by atoms with Crippen LogP contribution in [0.1, 0.15) is 23.0 Å². The van der Waals surface area contributed by atoms with Gasteiger partial charge in [-0.3, -0.25) is 9.48 Å². The van der Waals surface area contributed by atoms with Crippen LogP contribution >= 0.6 is 12.4 Å². The Hall–Kier alpha value is -1.28. The molecule has 0 radical (unpaired) electrons. The number of rotatable bonds is 2.